The molecule has 0 saturated carbocycles. The minimum absolute atomic E-state index is 0. The van der Waals surface area contributed by atoms with E-state index in [2.05, 4.69) is 11.7 Å². The van der Waals surface area contributed by atoms with Gasteiger partial charge in [0, 0.05) is 0 Å². The fourth-order valence-corrected chi connectivity index (χ4v) is 0. The number of hydrazine groups is 1. The second kappa shape index (κ2) is 59.8. The molecule has 0 aliphatic rings. The van der Waals surface area contributed by atoms with Gasteiger partial charge >= 0.3 is 23.1 Å². The topological polar surface area (TPSA) is 52.0 Å². The summed E-state index contributed by atoms with van der Waals surface area (Å²) in [5.74, 6) is 8.00. The van der Waals surface area contributed by atoms with E-state index in [9.17, 15) is 0 Å². The van der Waals surface area contributed by atoms with Gasteiger partial charge in [-0.2, -0.15) is 0 Å². The van der Waals surface area contributed by atoms with Crippen molar-refractivity contribution in [3.05, 3.63) is 0 Å². The van der Waals surface area contributed by atoms with Gasteiger partial charge in [0.2, 0.25) is 0 Å². The van der Waals surface area contributed by atoms with Crippen LogP contribution in [-0.2, 0) is 0 Å². The first-order valence-electron chi connectivity index (χ1n) is 0.333. The Kier molecular flexibility index (Phi) is 405. The summed E-state index contributed by atoms with van der Waals surface area (Å²) in [5, 5.41) is 0. The Labute approximate surface area is 59.6 Å². The van der Waals surface area contributed by atoms with Crippen LogP contribution < -0.4 is 36.5 Å². The minimum atomic E-state index is 0. The molecular formula is H4Cl2MgN2. The van der Waals surface area contributed by atoms with E-state index in [0.717, 1.165) is 0 Å². The molecule has 0 aromatic rings. The van der Waals surface area contributed by atoms with Gasteiger partial charge in [0.1, 0.15) is 0 Å². The third-order valence-electron chi connectivity index (χ3n) is 0. The van der Waals surface area contributed by atoms with Crippen molar-refractivity contribution in [2.45, 2.75) is 0 Å². The van der Waals surface area contributed by atoms with Gasteiger partial charge in [0.05, 0.1) is 0 Å². The van der Waals surface area contributed by atoms with E-state index in [-0.39, 0.29) is 47.9 Å². The Morgan fingerprint density at radius 1 is 0.800 bits per heavy atom. The molecule has 0 heterocycles. The van der Waals surface area contributed by atoms with Crippen molar-refractivity contribution in [1.29, 1.82) is 0 Å². The maximum absolute atomic E-state index is 4.00. The molecule has 30 valence electrons. The first-order chi connectivity index (χ1) is 1.00. The van der Waals surface area contributed by atoms with Crippen LogP contribution in [0.1, 0.15) is 0 Å². The fourth-order valence-electron chi connectivity index (χ4n) is 0. The zero-order valence-electron chi connectivity index (χ0n) is 2.62. The van der Waals surface area contributed by atoms with Crippen LogP contribution >= 0.6 is 0 Å². The molecular weight excluding hydrogens is 123 g/mol. The molecule has 0 aromatic carbocycles. The summed E-state index contributed by atoms with van der Waals surface area (Å²) in [4.78, 5) is 0. The first kappa shape index (κ1) is 33.8. The second-order valence-corrected chi connectivity index (χ2v) is 0. The van der Waals surface area contributed by atoms with Crippen molar-refractivity contribution in [3.8, 4) is 0 Å². The van der Waals surface area contributed by atoms with E-state index in [0.29, 0.717) is 0 Å². The molecule has 0 spiro atoms. The van der Waals surface area contributed by atoms with E-state index in [1.807, 2.05) is 0 Å². The van der Waals surface area contributed by atoms with Gasteiger partial charge in [-0.05, 0) is 0 Å². The van der Waals surface area contributed by atoms with Crippen LogP contribution in [-0.4, -0.2) is 23.1 Å². The molecule has 0 fully saturated rings. The molecule has 0 atom stereocenters. The first-order valence-corrected chi connectivity index (χ1v) is 0.333. The molecule has 0 rings (SSSR count). The van der Waals surface area contributed by atoms with Crippen LogP contribution in [0, 0.1) is 0 Å². The summed E-state index contributed by atoms with van der Waals surface area (Å²) in [6, 6.07) is 0. The van der Waals surface area contributed by atoms with Crippen molar-refractivity contribution in [1.82, 2.24) is 0 Å². The van der Waals surface area contributed by atoms with Crippen LogP contribution in [0.5, 0.6) is 0 Å². The van der Waals surface area contributed by atoms with Gasteiger partial charge < -0.3 is 24.8 Å². The van der Waals surface area contributed by atoms with Crippen LogP contribution in [0.25, 0.3) is 0 Å². The largest absolute Gasteiger partial charge is 2.00 e. The second-order valence-electron chi connectivity index (χ2n) is 0. The SMILES string of the molecule is NN.[Cl-].[Cl-].[Mg+2]. The molecule has 5 heavy (non-hydrogen) atoms. The minimum Gasteiger partial charge on any atom is -1.00 e. The van der Waals surface area contributed by atoms with E-state index in [1.165, 1.54) is 0 Å². The summed E-state index contributed by atoms with van der Waals surface area (Å²) < 4.78 is 0. The van der Waals surface area contributed by atoms with Gasteiger partial charge in [-0.25, -0.2) is 0 Å². The zero-order valence-corrected chi connectivity index (χ0v) is 5.54. The Balaban J connectivity index is -0.00000000167. The number of halogens is 2. The molecule has 0 bridgehead atoms. The Bertz CT molecular complexity index is 7.61. The molecule has 0 radical (unpaired) electrons. The molecule has 0 unspecified atom stereocenters. The van der Waals surface area contributed by atoms with Crippen LogP contribution in [0.15, 0.2) is 0 Å². The summed E-state index contributed by atoms with van der Waals surface area (Å²) in [6.45, 7) is 0. The van der Waals surface area contributed by atoms with Gasteiger partial charge in [-0.1, -0.05) is 0 Å². The zero-order chi connectivity index (χ0) is 2.00. The molecule has 0 aliphatic heterocycles. The van der Waals surface area contributed by atoms with Crippen molar-refractivity contribution < 1.29 is 24.8 Å². The van der Waals surface area contributed by atoms with E-state index in [4.69, 9.17) is 0 Å². The third kappa shape index (κ3) is 35.0. The number of nitrogens with two attached hydrogens (primary N) is 2. The van der Waals surface area contributed by atoms with Gasteiger partial charge in [0.25, 0.3) is 0 Å². The van der Waals surface area contributed by atoms with Crippen molar-refractivity contribution in [2.24, 2.45) is 11.7 Å². The summed E-state index contributed by atoms with van der Waals surface area (Å²) in [6.07, 6.45) is 0. The predicted molar refractivity (Wildman–Crippen MR) is 14.1 cm³/mol. The average molecular weight is 127 g/mol. The van der Waals surface area contributed by atoms with E-state index < -0.39 is 0 Å². The molecule has 5 heteroatoms. The fraction of sp³-hybridized carbons (Fsp3) is 0. The summed E-state index contributed by atoms with van der Waals surface area (Å²) in [5.41, 5.74) is 0. The summed E-state index contributed by atoms with van der Waals surface area (Å²) >= 11 is 0. The quantitative estimate of drug-likeness (QED) is 0.193. The number of hydrogen-bond acceptors (Lipinski definition) is 2. The smallest absolute Gasteiger partial charge is 1.00 e. The monoisotopic (exact) mass is 126 g/mol. The van der Waals surface area contributed by atoms with E-state index in [1.54, 1.807) is 0 Å². The molecule has 0 aliphatic carbocycles. The Morgan fingerprint density at radius 2 is 0.800 bits per heavy atom. The van der Waals surface area contributed by atoms with Crippen LogP contribution in [0.3, 0.4) is 0 Å². The van der Waals surface area contributed by atoms with Crippen molar-refractivity contribution >= 4 is 23.1 Å². The van der Waals surface area contributed by atoms with Gasteiger partial charge in [-0.3, -0.25) is 11.7 Å². The maximum Gasteiger partial charge on any atom is 2.00 e. The number of rotatable bonds is 0. The normalized spacial score (nSPS) is 1.20. The Morgan fingerprint density at radius 3 is 0.800 bits per heavy atom. The molecule has 0 amide bonds. The summed E-state index contributed by atoms with van der Waals surface area (Å²) in [7, 11) is 0. The van der Waals surface area contributed by atoms with Crippen LogP contribution in [0.2, 0.25) is 0 Å². The molecule has 2 nitrogen and oxygen atoms in total. The maximum atomic E-state index is 4.00. The van der Waals surface area contributed by atoms with Gasteiger partial charge in [0.15, 0.2) is 0 Å². The average Bonchev–Trinajstić information content (AvgIpc) is 1.00. The third-order valence-corrected chi connectivity index (χ3v) is 0. The van der Waals surface area contributed by atoms with Crippen molar-refractivity contribution in [3.63, 3.8) is 0 Å². The Hall–Kier alpha value is 1.27. The predicted octanol–water partition coefficient (Wildman–Crippen LogP) is -7.55. The molecule has 4 N–H and O–H groups in total. The van der Waals surface area contributed by atoms with E-state index >= 15 is 0 Å². The van der Waals surface area contributed by atoms with Crippen LogP contribution in [0.4, 0.5) is 0 Å². The van der Waals surface area contributed by atoms with Gasteiger partial charge in [-0.15, -0.1) is 0 Å². The molecule has 0 aromatic heterocycles. The standard InChI is InChI=1S/2ClH.Mg.H4N2/c;;;1-2/h2*1H;;1-2H2/q;;+2;/p-2. The van der Waals surface area contributed by atoms with Crippen molar-refractivity contribution in [2.75, 3.05) is 0 Å². The molecule has 0 saturated heterocycles. The number of hydrogen-bond donors (Lipinski definition) is 2.